The van der Waals surface area contributed by atoms with E-state index in [4.69, 9.17) is 4.74 Å². The van der Waals surface area contributed by atoms with E-state index >= 15 is 0 Å². The molecule has 0 N–H and O–H groups in total. The Hall–Kier alpha value is -1.18. The van der Waals surface area contributed by atoms with Gasteiger partial charge >= 0.3 is 0 Å². The van der Waals surface area contributed by atoms with Gasteiger partial charge < -0.3 is 4.74 Å². The summed E-state index contributed by atoms with van der Waals surface area (Å²) in [5.41, 5.74) is 0. The molecule has 2 heteroatoms. The van der Waals surface area contributed by atoms with E-state index in [1.807, 2.05) is 25.2 Å². The number of hydrogen-bond acceptors (Lipinski definition) is 1. The number of rotatable bonds is 9. The molecule has 0 bridgehead atoms. The van der Waals surface area contributed by atoms with Gasteiger partial charge in [0.2, 0.25) is 0 Å². The molecule has 0 aromatic heterocycles. The number of hydrogen-bond donors (Lipinski definition) is 0. The van der Waals surface area contributed by atoms with E-state index in [0.717, 1.165) is 24.8 Å². The maximum atomic E-state index is 5.53. The lowest BCUT2D eigenvalue weighted by atomic mass is 9.45. The summed E-state index contributed by atoms with van der Waals surface area (Å²) in [6.07, 6.45) is 8.43. The zero-order valence-electron chi connectivity index (χ0n) is 9.74. The summed E-state index contributed by atoms with van der Waals surface area (Å²) in [6, 6.07) is 0. The van der Waals surface area contributed by atoms with Gasteiger partial charge in [0.25, 0.3) is 0 Å². The van der Waals surface area contributed by atoms with Crippen LogP contribution in [0.5, 0.6) is 0 Å². The molecular weight excluding hydrogens is 183 g/mol. The predicted molar refractivity (Wildman–Crippen MR) is 70.3 cm³/mol. The third kappa shape index (κ3) is 6.84. The molecule has 0 amide bonds. The standard InChI is InChI=1S/C13H21BO/c1-5-9-13(15-8-4)12-14(10-6-2)11-7-3/h5-7,12H,1-3,8-11H2,4H3/b13-12+. The first-order valence-electron chi connectivity index (χ1n) is 5.44. The van der Waals surface area contributed by atoms with Crippen molar-refractivity contribution in [2.75, 3.05) is 6.61 Å². The lowest BCUT2D eigenvalue weighted by Gasteiger charge is -2.09. The molecule has 0 unspecified atom stereocenters. The van der Waals surface area contributed by atoms with Crippen molar-refractivity contribution in [1.29, 1.82) is 0 Å². The van der Waals surface area contributed by atoms with Crippen molar-refractivity contribution in [3.8, 4) is 0 Å². The molecule has 82 valence electrons. The molecule has 0 saturated carbocycles. The molecule has 0 fully saturated rings. The van der Waals surface area contributed by atoms with Gasteiger partial charge in [0.1, 0.15) is 0 Å². The molecule has 0 spiro atoms. The molecule has 0 aliphatic carbocycles. The molecule has 0 radical (unpaired) electrons. The molecular formula is C13H21BO. The van der Waals surface area contributed by atoms with Crippen LogP contribution in [0.2, 0.25) is 12.6 Å². The van der Waals surface area contributed by atoms with Crippen LogP contribution in [0.4, 0.5) is 0 Å². The van der Waals surface area contributed by atoms with E-state index in [1.54, 1.807) is 0 Å². The smallest absolute Gasteiger partial charge is 0.178 e. The first-order valence-corrected chi connectivity index (χ1v) is 5.44. The molecule has 0 aromatic carbocycles. The van der Waals surface area contributed by atoms with Gasteiger partial charge in [-0.25, -0.2) is 0 Å². The zero-order valence-corrected chi connectivity index (χ0v) is 9.74. The van der Waals surface area contributed by atoms with Crippen LogP contribution < -0.4 is 0 Å². The highest BCUT2D eigenvalue weighted by atomic mass is 16.5. The maximum Gasteiger partial charge on any atom is 0.178 e. The topological polar surface area (TPSA) is 9.23 Å². The van der Waals surface area contributed by atoms with E-state index in [2.05, 4.69) is 25.7 Å². The minimum absolute atomic E-state index is 0.446. The highest BCUT2D eigenvalue weighted by molar-refractivity contribution is 6.65. The summed E-state index contributed by atoms with van der Waals surface area (Å²) in [5, 5.41) is 0. The van der Waals surface area contributed by atoms with Crippen molar-refractivity contribution in [1.82, 2.24) is 0 Å². The highest BCUT2D eigenvalue weighted by Gasteiger charge is 2.08. The monoisotopic (exact) mass is 204 g/mol. The van der Waals surface area contributed by atoms with Gasteiger partial charge in [-0.15, -0.1) is 19.7 Å². The van der Waals surface area contributed by atoms with Crippen LogP contribution in [0.1, 0.15) is 13.3 Å². The molecule has 0 aromatic rings. The second kappa shape index (κ2) is 9.38. The lowest BCUT2D eigenvalue weighted by molar-refractivity contribution is 0.225. The van der Waals surface area contributed by atoms with Crippen LogP contribution >= 0.6 is 0 Å². The van der Waals surface area contributed by atoms with Gasteiger partial charge in [-0.3, -0.25) is 0 Å². The fourth-order valence-electron chi connectivity index (χ4n) is 1.43. The highest BCUT2D eigenvalue weighted by Crippen LogP contribution is 2.10. The summed E-state index contributed by atoms with van der Waals surface area (Å²) in [5.74, 6) is 3.16. The average Bonchev–Trinajstić information content (AvgIpc) is 2.19. The van der Waals surface area contributed by atoms with Crippen molar-refractivity contribution in [3.05, 3.63) is 49.7 Å². The number of allylic oxidation sites excluding steroid dienone is 3. The summed E-state index contributed by atoms with van der Waals surface area (Å²) in [7, 11) is 0. The Kier molecular flexibility index (Phi) is 8.65. The van der Waals surface area contributed by atoms with Crippen molar-refractivity contribution >= 4 is 6.71 Å². The van der Waals surface area contributed by atoms with Crippen molar-refractivity contribution in [2.45, 2.75) is 26.0 Å². The van der Waals surface area contributed by atoms with Crippen molar-refractivity contribution in [2.24, 2.45) is 0 Å². The summed E-state index contributed by atoms with van der Waals surface area (Å²) >= 11 is 0. The molecule has 0 rings (SSSR count). The van der Waals surface area contributed by atoms with Crippen LogP contribution in [0.15, 0.2) is 49.7 Å². The Morgan fingerprint density at radius 3 is 2.13 bits per heavy atom. The normalized spacial score (nSPS) is 10.6. The quantitative estimate of drug-likeness (QED) is 0.314. The van der Waals surface area contributed by atoms with Crippen LogP contribution in [0.3, 0.4) is 0 Å². The van der Waals surface area contributed by atoms with Gasteiger partial charge in [0, 0.05) is 6.42 Å². The van der Waals surface area contributed by atoms with Crippen molar-refractivity contribution in [3.63, 3.8) is 0 Å². The molecule has 0 aliphatic heterocycles. The van der Waals surface area contributed by atoms with E-state index in [0.29, 0.717) is 13.3 Å². The van der Waals surface area contributed by atoms with Crippen LogP contribution in [0, 0.1) is 0 Å². The minimum atomic E-state index is 0.446. The lowest BCUT2D eigenvalue weighted by Crippen LogP contribution is -2.08. The Bertz CT molecular complexity index is 221. The van der Waals surface area contributed by atoms with E-state index in [9.17, 15) is 0 Å². The van der Waals surface area contributed by atoms with Gasteiger partial charge in [0.15, 0.2) is 6.71 Å². The minimum Gasteiger partial charge on any atom is -0.499 e. The molecule has 1 nitrogen and oxygen atoms in total. The Balaban J connectivity index is 4.45. The molecule has 0 atom stereocenters. The van der Waals surface area contributed by atoms with E-state index in [1.165, 1.54) is 0 Å². The largest absolute Gasteiger partial charge is 0.499 e. The second-order valence-electron chi connectivity index (χ2n) is 3.37. The maximum absolute atomic E-state index is 5.53. The first kappa shape index (κ1) is 13.8. The SMILES string of the molecule is C=CCB(/C=C(\CC=C)OCC)CC=C. The Morgan fingerprint density at radius 1 is 1.13 bits per heavy atom. The first-order chi connectivity index (χ1) is 7.28. The summed E-state index contributed by atoms with van der Waals surface area (Å²) in [4.78, 5) is 0. The third-order valence-electron chi connectivity index (χ3n) is 2.04. The van der Waals surface area contributed by atoms with Gasteiger partial charge in [-0.05, 0) is 6.92 Å². The fraction of sp³-hybridized carbons (Fsp3) is 0.385. The molecule has 0 aliphatic rings. The fourth-order valence-corrected chi connectivity index (χ4v) is 1.43. The van der Waals surface area contributed by atoms with Crippen LogP contribution in [-0.2, 0) is 4.74 Å². The third-order valence-corrected chi connectivity index (χ3v) is 2.04. The predicted octanol–water partition coefficient (Wildman–Crippen LogP) is 3.89. The van der Waals surface area contributed by atoms with E-state index < -0.39 is 0 Å². The second-order valence-corrected chi connectivity index (χ2v) is 3.37. The molecule has 0 heterocycles. The summed E-state index contributed by atoms with van der Waals surface area (Å²) < 4.78 is 5.53. The van der Waals surface area contributed by atoms with Crippen LogP contribution in [-0.4, -0.2) is 13.3 Å². The molecule has 0 saturated heterocycles. The zero-order chi connectivity index (χ0) is 11.5. The van der Waals surface area contributed by atoms with Gasteiger partial charge in [-0.2, -0.15) is 0 Å². The Morgan fingerprint density at radius 2 is 1.73 bits per heavy atom. The van der Waals surface area contributed by atoms with Gasteiger partial charge in [-0.1, -0.05) is 36.8 Å². The Labute approximate surface area is 94.3 Å². The number of ether oxygens (including phenoxy) is 1. The van der Waals surface area contributed by atoms with Gasteiger partial charge in [0.05, 0.1) is 12.4 Å². The average molecular weight is 204 g/mol. The van der Waals surface area contributed by atoms with Crippen molar-refractivity contribution < 1.29 is 4.74 Å². The molecule has 15 heavy (non-hydrogen) atoms. The van der Waals surface area contributed by atoms with Crippen LogP contribution in [0.25, 0.3) is 0 Å². The van der Waals surface area contributed by atoms with E-state index in [-0.39, 0.29) is 0 Å². The summed E-state index contributed by atoms with van der Waals surface area (Å²) in [6.45, 7) is 14.4.